The molecule has 1 fully saturated rings. The summed E-state index contributed by atoms with van der Waals surface area (Å²) in [5.41, 5.74) is 6.17. The van der Waals surface area contributed by atoms with Crippen LogP contribution >= 0.6 is 0 Å². The average molecular weight is 398 g/mol. The number of nitrogens with one attached hydrogen (secondary N) is 2. The summed E-state index contributed by atoms with van der Waals surface area (Å²) in [7, 11) is 2.98. The number of nitrogens with zero attached hydrogens (tertiary/aromatic N) is 2. The predicted octanol–water partition coefficient (Wildman–Crippen LogP) is 1.14. The number of aryl methyl sites for hydroxylation is 1. The first-order chi connectivity index (χ1) is 13.3. The van der Waals surface area contributed by atoms with Crippen LogP contribution in [0.25, 0.3) is 0 Å². The molecule has 3 N–H and O–H groups in total. The van der Waals surface area contributed by atoms with Crippen LogP contribution in [0.1, 0.15) is 23.5 Å². The van der Waals surface area contributed by atoms with Crippen molar-refractivity contribution < 1.29 is 27.8 Å². The number of carbonyl (C=O) groups excluding carboxylic acids is 1. The van der Waals surface area contributed by atoms with E-state index >= 15 is 0 Å². The van der Waals surface area contributed by atoms with Gasteiger partial charge in [0.05, 0.1) is 19.7 Å². The number of aliphatic hydroxyl groups is 1. The number of hydrazine groups is 1. The second kappa shape index (κ2) is 8.29. The van der Waals surface area contributed by atoms with E-state index in [1.54, 1.807) is 24.1 Å². The first kappa shape index (κ1) is 20.3. The maximum Gasteiger partial charge on any atom is 0.306 e. The summed E-state index contributed by atoms with van der Waals surface area (Å²) in [5, 5.41) is 14.6. The lowest BCUT2D eigenvalue weighted by Gasteiger charge is -2.28. The molecule has 1 saturated heterocycles. The largest absolute Gasteiger partial charge is 0.469 e. The van der Waals surface area contributed by atoms with Gasteiger partial charge in [-0.3, -0.25) is 14.9 Å². The molecule has 0 bridgehead atoms. The first-order valence-electron chi connectivity index (χ1n) is 8.68. The third kappa shape index (κ3) is 4.18. The van der Waals surface area contributed by atoms with Crippen LogP contribution in [0.5, 0.6) is 0 Å². The number of ether oxygens (including phenoxy) is 1. The van der Waals surface area contributed by atoms with Crippen molar-refractivity contribution in [3.05, 3.63) is 53.1 Å². The molecule has 0 radical (unpaired) electrons. The van der Waals surface area contributed by atoms with Gasteiger partial charge in [0.15, 0.2) is 11.6 Å². The van der Waals surface area contributed by atoms with Crippen LogP contribution in [0.3, 0.4) is 0 Å². The van der Waals surface area contributed by atoms with Crippen molar-refractivity contribution in [3.8, 4) is 0 Å². The van der Waals surface area contributed by atoms with E-state index in [1.807, 2.05) is 0 Å². The van der Waals surface area contributed by atoms with Crippen molar-refractivity contribution in [1.82, 2.24) is 20.6 Å². The van der Waals surface area contributed by atoms with Crippen LogP contribution in [0.15, 0.2) is 24.5 Å². The van der Waals surface area contributed by atoms with E-state index in [2.05, 4.69) is 16.0 Å². The Balaban J connectivity index is 1.91. The number of esters is 1. The summed E-state index contributed by atoms with van der Waals surface area (Å²) < 4.78 is 47.2. The fourth-order valence-corrected chi connectivity index (χ4v) is 3.62. The van der Waals surface area contributed by atoms with Gasteiger partial charge in [-0.1, -0.05) is 0 Å². The maximum absolute atomic E-state index is 14.1. The summed E-state index contributed by atoms with van der Waals surface area (Å²) in [6.07, 6.45) is 2.16. The van der Waals surface area contributed by atoms with Gasteiger partial charge < -0.3 is 9.84 Å². The molecule has 1 aliphatic heterocycles. The van der Waals surface area contributed by atoms with Crippen LogP contribution in [-0.4, -0.2) is 40.2 Å². The molecule has 0 amide bonds. The summed E-state index contributed by atoms with van der Waals surface area (Å²) >= 11 is 0. The SMILES string of the molecule is COC(=O)CC(c1cnn(C)c1)C1C(O)NNC1Cc1cc(F)c(F)cc1F. The highest BCUT2D eigenvalue weighted by Gasteiger charge is 2.42. The second-order valence-corrected chi connectivity index (χ2v) is 6.81. The lowest BCUT2D eigenvalue weighted by atomic mass is 9.78. The normalized spacial score (nSPS) is 23.0. The van der Waals surface area contributed by atoms with E-state index in [4.69, 9.17) is 4.74 Å². The Morgan fingerprint density at radius 1 is 1.29 bits per heavy atom. The zero-order valence-electron chi connectivity index (χ0n) is 15.3. The fraction of sp³-hybridized carbons (Fsp3) is 0.444. The van der Waals surface area contributed by atoms with Crippen LogP contribution in [0.2, 0.25) is 0 Å². The molecule has 10 heteroatoms. The molecule has 0 saturated carbocycles. The number of hydrogen-bond donors (Lipinski definition) is 3. The van der Waals surface area contributed by atoms with Gasteiger partial charge in [0.2, 0.25) is 0 Å². The molecule has 152 valence electrons. The fourth-order valence-electron chi connectivity index (χ4n) is 3.62. The molecule has 7 nitrogen and oxygen atoms in total. The quantitative estimate of drug-likeness (QED) is 0.500. The molecule has 0 aliphatic carbocycles. The van der Waals surface area contributed by atoms with Crippen LogP contribution < -0.4 is 10.9 Å². The van der Waals surface area contributed by atoms with E-state index < -0.39 is 47.5 Å². The summed E-state index contributed by atoms with van der Waals surface area (Å²) in [6.45, 7) is 0. The zero-order valence-corrected chi connectivity index (χ0v) is 15.3. The van der Waals surface area contributed by atoms with Gasteiger partial charge in [-0.05, 0) is 23.6 Å². The smallest absolute Gasteiger partial charge is 0.306 e. The first-order valence-corrected chi connectivity index (χ1v) is 8.68. The number of benzene rings is 1. The van der Waals surface area contributed by atoms with Crippen molar-refractivity contribution in [1.29, 1.82) is 0 Å². The minimum Gasteiger partial charge on any atom is -0.469 e. The number of carbonyl (C=O) groups is 1. The lowest BCUT2D eigenvalue weighted by molar-refractivity contribution is -0.141. The Kier molecular flexibility index (Phi) is 6.01. The van der Waals surface area contributed by atoms with Gasteiger partial charge in [0.25, 0.3) is 0 Å². The molecule has 2 aromatic rings. The summed E-state index contributed by atoms with van der Waals surface area (Å²) in [4.78, 5) is 11.9. The Labute approximate surface area is 159 Å². The van der Waals surface area contributed by atoms with E-state index in [-0.39, 0.29) is 18.4 Å². The van der Waals surface area contributed by atoms with Gasteiger partial charge in [0.1, 0.15) is 12.0 Å². The molecule has 28 heavy (non-hydrogen) atoms. The molecule has 0 spiro atoms. The summed E-state index contributed by atoms with van der Waals surface area (Å²) in [6, 6.07) is 0.725. The highest BCUT2D eigenvalue weighted by atomic mass is 19.2. The molecule has 3 rings (SSSR count). The van der Waals surface area contributed by atoms with Crippen molar-refractivity contribution in [2.45, 2.75) is 31.0 Å². The van der Waals surface area contributed by atoms with Gasteiger partial charge in [-0.25, -0.2) is 18.6 Å². The average Bonchev–Trinajstić information content (AvgIpc) is 3.23. The van der Waals surface area contributed by atoms with Crippen LogP contribution in [0, 0.1) is 23.4 Å². The Morgan fingerprint density at radius 2 is 2.00 bits per heavy atom. The number of hydrogen-bond acceptors (Lipinski definition) is 6. The zero-order chi connectivity index (χ0) is 20.4. The van der Waals surface area contributed by atoms with Crippen molar-refractivity contribution in [2.75, 3.05) is 7.11 Å². The minimum atomic E-state index is -1.27. The minimum absolute atomic E-state index is 0.0320. The van der Waals surface area contributed by atoms with E-state index in [0.29, 0.717) is 11.6 Å². The number of methoxy groups -OCH3 is 1. The van der Waals surface area contributed by atoms with Crippen LogP contribution in [0.4, 0.5) is 13.2 Å². The van der Waals surface area contributed by atoms with E-state index in [0.717, 1.165) is 6.07 Å². The van der Waals surface area contributed by atoms with Gasteiger partial charge in [-0.15, -0.1) is 0 Å². The molecule has 1 aromatic heterocycles. The van der Waals surface area contributed by atoms with Gasteiger partial charge in [0, 0.05) is 37.2 Å². The number of halogens is 3. The molecule has 4 atom stereocenters. The monoisotopic (exact) mass is 398 g/mol. The third-order valence-corrected chi connectivity index (χ3v) is 5.01. The Hall–Kier alpha value is -2.43. The Morgan fingerprint density at radius 3 is 2.64 bits per heavy atom. The van der Waals surface area contributed by atoms with Crippen molar-refractivity contribution in [3.63, 3.8) is 0 Å². The predicted molar refractivity (Wildman–Crippen MR) is 92.2 cm³/mol. The maximum atomic E-state index is 14.1. The van der Waals surface area contributed by atoms with Gasteiger partial charge in [-0.2, -0.15) is 5.10 Å². The Bertz CT molecular complexity index is 861. The highest BCUT2D eigenvalue weighted by molar-refractivity contribution is 5.70. The standard InChI is InChI=1S/C18H21F3N4O3/c1-25-8-10(7-22-25)11(5-16(26)28-2)17-15(23-24-18(17)27)4-9-3-13(20)14(21)6-12(9)19/h3,6-8,11,15,17-18,23-24,27H,4-5H2,1-2H3. The lowest BCUT2D eigenvalue weighted by Crippen LogP contribution is -2.36. The van der Waals surface area contributed by atoms with E-state index in [1.165, 1.54) is 7.11 Å². The van der Waals surface area contributed by atoms with E-state index in [9.17, 15) is 23.1 Å². The molecule has 4 unspecified atom stereocenters. The highest BCUT2D eigenvalue weighted by Crippen LogP contribution is 2.36. The topological polar surface area (TPSA) is 88.4 Å². The van der Waals surface area contributed by atoms with Crippen LogP contribution in [-0.2, 0) is 23.0 Å². The van der Waals surface area contributed by atoms with Gasteiger partial charge >= 0.3 is 5.97 Å². The molecular formula is C18H21F3N4O3. The molecular weight excluding hydrogens is 377 g/mol. The number of aliphatic hydroxyl groups excluding tert-OH is 1. The van der Waals surface area contributed by atoms with Crippen molar-refractivity contribution >= 4 is 5.97 Å². The number of rotatable bonds is 6. The molecule has 2 heterocycles. The summed E-state index contributed by atoms with van der Waals surface area (Å²) in [5.74, 6) is -4.88. The molecule has 1 aromatic carbocycles. The van der Waals surface area contributed by atoms with Crippen molar-refractivity contribution in [2.24, 2.45) is 13.0 Å². The third-order valence-electron chi connectivity index (χ3n) is 5.01. The number of aromatic nitrogens is 2. The molecule has 1 aliphatic rings. The second-order valence-electron chi connectivity index (χ2n) is 6.81.